The Bertz CT molecular complexity index is 355. The van der Waals surface area contributed by atoms with Crippen molar-refractivity contribution < 1.29 is 0 Å². The molecule has 1 atom stereocenters. The number of benzene rings is 1. The van der Waals surface area contributed by atoms with Crippen molar-refractivity contribution in [2.45, 2.75) is 25.3 Å². The molecule has 88 valence electrons. The summed E-state index contributed by atoms with van der Waals surface area (Å²) in [5.41, 5.74) is 4.10. The zero-order valence-electron chi connectivity index (χ0n) is 9.05. The molecule has 16 heavy (non-hydrogen) atoms. The Labute approximate surface area is 119 Å². The topological polar surface area (TPSA) is 38.0 Å². The first-order chi connectivity index (χ1) is 7.69. The Morgan fingerprint density at radius 3 is 2.94 bits per heavy atom. The second kappa shape index (κ2) is 7.42. The van der Waals surface area contributed by atoms with Crippen LogP contribution in [0.2, 0.25) is 0 Å². The molecular formula is C12H16BrIN2. The normalized spacial score (nSPS) is 12.4. The van der Waals surface area contributed by atoms with Gasteiger partial charge in [0.1, 0.15) is 0 Å². The van der Waals surface area contributed by atoms with Crippen LogP contribution in [0, 0.1) is 3.57 Å². The van der Waals surface area contributed by atoms with E-state index in [2.05, 4.69) is 68.7 Å². The number of hydrogen-bond acceptors (Lipinski definition) is 2. The van der Waals surface area contributed by atoms with Crippen molar-refractivity contribution >= 4 is 38.5 Å². The fourth-order valence-electron chi connectivity index (χ4n) is 1.58. The number of hydrogen-bond donors (Lipinski definition) is 2. The van der Waals surface area contributed by atoms with Crippen molar-refractivity contribution in [3.05, 3.63) is 44.5 Å². The van der Waals surface area contributed by atoms with E-state index < -0.39 is 0 Å². The van der Waals surface area contributed by atoms with Crippen LogP contribution in [-0.2, 0) is 0 Å². The van der Waals surface area contributed by atoms with Crippen molar-refractivity contribution in [3.8, 4) is 0 Å². The quantitative estimate of drug-likeness (QED) is 0.252. The zero-order chi connectivity index (χ0) is 12.0. The van der Waals surface area contributed by atoms with E-state index in [1.807, 2.05) is 6.08 Å². The smallest absolute Gasteiger partial charge is 0.0471 e. The number of allylic oxidation sites excluding steroid dienone is 1. The lowest BCUT2D eigenvalue weighted by Gasteiger charge is -2.17. The Morgan fingerprint density at radius 2 is 2.31 bits per heavy atom. The van der Waals surface area contributed by atoms with E-state index in [4.69, 9.17) is 5.84 Å². The summed E-state index contributed by atoms with van der Waals surface area (Å²) in [6, 6.07) is 6.49. The Hall–Kier alpha value is 0.0900. The van der Waals surface area contributed by atoms with Crippen LogP contribution in [0.1, 0.15) is 30.9 Å². The van der Waals surface area contributed by atoms with Crippen LogP contribution in [0.5, 0.6) is 0 Å². The van der Waals surface area contributed by atoms with Crippen LogP contribution in [0.15, 0.2) is 35.3 Å². The van der Waals surface area contributed by atoms with Gasteiger partial charge in [0.15, 0.2) is 0 Å². The van der Waals surface area contributed by atoms with Crippen molar-refractivity contribution in [1.29, 1.82) is 0 Å². The molecule has 0 aliphatic carbocycles. The lowest BCUT2D eigenvalue weighted by atomic mass is 10.0. The fourth-order valence-corrected chi connectivity index (χ4v) is 2.61. The van der Waals surface area contributed by atoms with Crippen molar-refractivity contribution in [2.24, 2.45) is 5.84 Å². The highest BCUT2D eigenvalue weighted by atomic mass is 127. The van der Waals surface area contributed by atoms with E-state index in [9.17, 15) is 0 Å². The maximum Gasteiger partial charge on any atom is 0.0471 e. The third-order valence-corrected chi connectivity index (χ3v) is 3.83. The van der Waals surface area contributed by atoms with Gasteiger partial charge in [-0.05, 0) is 65.6 Å². The summed E-state index contributed by atoms with van der Waals surface area (Å²) in [5.74, 6) is 5.61. The summed E-state index contributed by atoms with van der Waals surface area (Å²) in [7, 11) is 0. The van der Waals surface area contributed by atoms with Crippen LogP contribution >= 0.6 is 38.5 Å². The molecule has 0 saturated heterocycles. The molecule has 2 nitrogen and oxygen atoms in total. The summed E-state index contributed by atoms with van der Waals surface area (Å²) in [4.78, 5) is 0. The number of nitrogens with two attached hydrogens (primary N) is 1. The van der Waals surface area contributed by atoms with Gasteiger partial charge in [0.05, 0.1) is 0 Å². The number of hydrazine groups is 1. The molecule has 4 heteroatoms. The lowest BCUT2D eigenvalue weighted by Crippen LogP contribution is -2.28. The second-order valence-electron chi connectivity index (χ2n) is 3.60. The minimum Gasteiger partial charge on any atom is -0.271 e. The van der Waals surface area contributed by atoms with Crippen molar-refractivity contribution in [3.63, 3.8) is 0 Å². The summed E-state index contributed by atoms with van der Waals surface area (Å²) >= 11 is 5.87. The van der Waals surface area contributed by atoms with Gasteiger partial charge in [-0.3, -0.25) is 11.3 Å². The Morgan fingerprint density at radius 1 is 1.56 bits per heavy atom. The number of nitrogens with one attached hydrogen (secondary N) is 1. The van der Waals surface area contributed by atoms with Gasteiger partial charge in [-0.15, -0.1) is 6.58 Å². The predicted molar refractivity (Wildman–Crippen MR) is 81.0 cm³/mol. The largest absolute Gasteiger partial charge is 0.271 e. The molecule has 0 aromatic heterocycles. The molecule has 3 N–H and O–H groups in total. The molecule has 0 heterocycles. The van der Waals surface area contributed by atoms with E-state index in [1.54, 1.807) is 0 Å². The van der Waals surface area contributed by atoms with Gasteiger partial charge in [-0.25, -0.2) is 0 Å². The van der Waals surface area contributed by atoms with Gasteiger partial charge in [0.25, 0.3) is 0 Å². The Kier molecular flexibility index (Phi) is 6.57. The molecule has 1 aromatic rings. The van der Waals surface area contributed by atoms with Gasteiger partial charge in [-0.2, -0.15) is 0 Å². The molecule has 0 radical (unpaired) electrons. The molecule has 1 unspecified atom stereocenters. The maximum absolute atomic E-state index is 5.61. The highest BCUT2D eigenvalue weighted by molar-refractivity contribution is 14.1. The van der Waals surface area contributed by atoms with Crippen LogP contribution in [-0.4, -0.2) is 0 Å². The summed E-state index contributed by atoms with van der Waals surface area (Å²) in [6.07, 6.45) is 5.08. The molecular weight excluding hydrogens is 379 g/mol. The third kappa shape index (κ3) is 4.16. The molecule has 1 rings (SSSR count). The number of unbranched alkanes of at least 4 members (excludes halogenated alkanes) is 1. The van der Waals surface area contributed by atoms with E-state index >= 15 is 0 Å². The molecule has 0 spiro atoms. The van der Waals surface area contributed by atoms with Crippen LogP contribution in [0.25, 0.3) is 0 Å². The first-order valence-corrected chi connectivity index (χ1v) is 7.08. The predicted octanol–water partition coefficient (Wildman–Crippen LogP) is 3.91. The molecule has 0 aliphatic heterocycles. The lowest BCUT2D eigenvalue weighted by molar-refractivity contribution is 0.499. The van der Waals surface area contributed by atoms with Crippen LogP contribution in [0.3, 0.4) is 0 Å². The standard InChI is InChI=1S/C12H16BrIN2/c1-2-3-4-5-12(16-15)10-8-9(14)6-7-11(10)13/h2,6-8,12,16H,1,3-5,15H2. The van der Waals surface area contributed by atoms with Crippen LogP contribution < -0.4 is 11.3 Å². The Balaban J connectivity index is 2.77. The zero-order valence-corrected chi connectivity index (χ0v) is 12.8. The summed E-state index contributed by atoms with van der Waals surface area (Å²) in [5, 5.41) is 0. The molecule has 0 amide bonds. The summed E-state index contributed by atoms with van der Waals surface area (Å²) < 4.78 is 2.33. The van der Waals surface area contributed by atoms with E-state index in [1.165, 1.54) is 9.13 Å². The van der Waals surface area contributed by atoms with Crippen LogP contribution in [0.4, 0.5) is 0 Å². The van der Waals surface area contributed by atoms with Crippen molar-refractivity contribution in [1.82, 2.24) is 5.43 Å². The molecule has 0 fully saturated rings. The van der Waals surface area contributed by atoms with E-state index in [0.717, 1.165) is 23.7 Å². The second-order valence-corrected chi connectivity index (χ2v) is 5.70. The van der Waals surface area contributed by atoms with Gasteiger partial charge in [0, 0.05) is 14.1 Å². The number of rotatable bonds is 6. The average molecular weight is 395 g/mol. The SMILES string of the molecule is C=CCCCC(NN)c1cc(I)ccc1Br. The first-order valence-electron chi connectivity index (χ1n) is 5.21. The molecule has 0 bridgehead atoms. The van der Waals surface area contributed by atoms with Gasteiger partial charge < -0.3 is 0 Å². The third-order valence-electron chi connectivity index (χ3n) is 2.44. The maximum atomic E-state index is 5.61. The molecule has 0 aliphatic rings. The monoisotopic (exact) mass is 394 g/mol. The molecule has 0 saturated carbocycles. The van der Waals surface area contributed by atoms with Gasteiger partial charge >= 0.3 is 0 Å². The van der Waals surface area contributed by atoms with Gasteiger partial charge in [0.2, 0.25) is 0 Å². The van der Waals surface area contributed by atoms with Crippen molar-refractivity contribution in [2.75, 3.05) is 0 Å². The molecule has 1 aromatic carbocycles. The minimum atomic E-state index is 0.198. The van der Waals surface area contributed by atoms with E-state index in [0.29, 0.717) is 0 Å². The minimum absolute atomic E-state index is 0.198. The average Bonchev–Trinajstić information content (AvgIpc) is 2.28. The first kappa shape index (κ1) is 14.2. The number of halogens is 2. The highest BCUT2D eigenvalue weighted by Gasteiger charge is 2.12. The highest BCUT2D eigenvalue weighted by Crippen LogP contribution is 2.28. The van der Waals surface area contributed by atoms with E-state index in [-0.39, 0.29) is 6.04 Å². The fraction of sp³-hybridized carbons (Fsp3) is 0.333. The summed E-state index contributed by atoms with van der Waals surface area (Å²) in [6.45, 7) is 3.73. The van der Waals surface area contributed by atoms with Gasteiger partial charge in [-0.1, -0.05) is 22.0 Å².